The first-order valence-corrected chi connectivity index (χ1v) is 9.81. The lowest BCUT2D eigenvalue weighted by Gasteiger charge is -2.30. The fraction of sp³-hybridized carbons (Fsp3) is 1.00. The van der Waals surface area contributed by atoms with Crippen LogP contribution in [0.5, 0.6) is 0 Å². The van der Waals surface area contributed by atoms with Gasteiger partial charge in [0.15, 0.2) is 18.1 Å². The van der Waals surface area contributed by atoms with Gasteiger partial charge in [-0.25, -0.2) is 0 Å². The average Bonchev–Trinajstić information content (AvgIpc) is 2.03. The molecule has 0 spiro atoms. The SMILES string of the molecule is CC[SiH](O[SiH](C(C)C)C(C)C)C(C)C. The molecule has 1 unspecified atom stereocenters. The van der Waals surface area contributed by atoms with Gasteiger partial charge in [0.1, 0.15) is 0 Å². The Bertz CT molecular complexity index is 138. The Labute approximate surface area is 93.7 Å². The van der Waals surface area contributed by atoms with Crippen molar-refractivity contribution in [2.75, 3.05) is 0 Å². The Morgan fingerprint density at radius 3 is 1.50 bits per heavy atom. The summed E-state index contributed by atoms with van der Waals surface area (Å²) in [6, 6.07) is 1.29. The van der Waals surface area contributed by atoms with E-state index in [-0.39, 0.29) is 0 Å². The summed E-state index contributed by atoms with van der Waals surface area (Å²) in [6.45, 7) is 16.3. The second-order valence-corrected chi connectivity index (χ2v) is 13.2. The molecule has 1 nitrogen and oxygen atoms in total. The van der Waals surface area contributed by atoms with Crippen LogP contribution in [0.3, 0.4) is 0 Å². The molecule has 0 aliphatic carbocycles. The molecule has 0 aliphatic heterocycles. The van der Waals surface area contributed by atoms with Crippen molar-refractivity contribution in [3.8, 4) is 0 Å². The van der Waals surface area contributed by atoms with Gasteiger partial charge in [-0.1, -0.05) is 48.5 Å². The Morgan fingerprint density at radius 1 is 0.857 bits per heavy atom. The van der Waals surface area contributed by atoms with E-state index in [4.69, 9.17) is 4.12 Å². The molecule has 3 heteroatoms. The number of rotatable bonds is 6. The van der Waals surface area contributed by atoms with Crippen molar-refractivity contribution in [3.63, 3.8) is 0 Å². The average molecular weight is 233 g/mol. The van der Waals surface area contributed by atoms with Crippen LogP contribution in [-0.2, 0) is 4.12 Å². The van der Waals surface area contributed by atoms with Crippen molar-refractivity contribution in [3.05, 3.63) is 0 Å². The van der Waals surface area contributed by atoms with Crippen LogP contribution in [0, 0.1) is 0 Å². The third-order valence-corrected chi connectivity index (χ3v) is 10.4. The lowest BCUT2D eigenvalue weighted by Crippen LogP contribution is -2.35. The number of hydrogen-bond acceptors (Lipinski definition) is 1. The van der Waals surface area contributed by atoms with E-state index in [1.165, 1.54) is 6.04 Å². The molecule has 0 aromatic rings. The first-order chi connectivity index (χ1) is 6.40. The molecule has 0 N–H and O–H groups in total. The van der Waals surface area contributed by atoms with Crippen LogP contribution in [0.15, 0.2) is 0 Å². The normalized spacial score (nSPS) is 14.8. The minimum absolute atomic E-state index is 0.787. The van der Waals surface area contributed by atoms with Gasteiger partial charge in [0.05, 0.1) is 0 Å². The highest BCUT2D eigenvalue weighted by molar-refractivity contribution is 6.68. The number of hydrogen-bond donors (Lipinski definition) is 0. The fourth-order valence-corrected chi connectivity index (χ4v) is 10.6. The maximum atomic E-state index is 6.46. The van der Waals surface area contributed by atoms with Crippen molar-refractivity contribution in [1.29, 1.82) is 0 Å². The Morgan fingerprint density at radius 2 is 1.29 bits per heavy atom. The molecule has 0 amide bonds. The third-order valence-electron chi connectivity index (χ3n) is 2.79. The molecule has 0 saturated heterocycles. The second kappa shape index (κ2) is 6.80. The van der Waals surface area contributed by atoms with Gasteiger partial charge in [-0.05, 0) is 22.7 Å². The molecular formula is C11H28OSi2. The fourth-order valence-electron chi connectivity index (χ4n) is 2.01. The molecule has 1 atom stereocenters. The molecule has 0 saturated carbocycles. The zero-order valence-corrected chi connectivity index (χ0v) is 13.3. The molecule has 14 heavy (non-hydrogen) atoms. The van der Waals surface area contributed by atoms with Gasteiger partial charge in [0.25, 0.3) is 0 Å². The van der Waals surface area contributed by atoms with Gasteiger partial charge < -0.3 is 4.12 Å². The molecule has 0 heterocycles. The lowest BCUT2D eigenvalue weighted by molar-refractivity contribution is 0.531. The van der Waals surface area contributed by atoms with Gasteiger partial charge in [0, 0.05) is 0 Å². The van der Waals surface area contributed by atoms with Crippen LogP contribution in [0.25, 0.3) is 0 Å². The molecule has 0 rings (SSSR count). The lowest BCUT2D eigenvalue weighted by atomic mass is 10.5. The van der Waals surface area contributed by atoms with Crippen LogP contribution in [0.2, 0.25) is 22.7 Å². The van der Waals surface area contributed by atoms with E-state index >= 15 is 0 Å². The van der Waals surface area contributed by atoms with Crippen molar-refractivity contribution in [2.45, 2.75) is 71.1 Å². The molecule has 0 aromatic heterocycles. The molecule has 0 aliphatic rings. The van der Waals surface area contributed by atoms with E-state index in [9.17, 15) is 0 Å². The minimum atomic E-state index is -0.950. The summed E-state index contributed by atoms with van der Waals surface area (Å²) in [5, 5.41) is 0. The van der Waals surface area contributed by atoms with Crippen molar-refractivity contribution >= 4 is 18.1 Å². The Hall–Kier alpha value is 0.394. The van der Waals surface area contributed by atoms with Gasteiger partial charge in [-0.2, -0.15) is 0 Å². The summed E-state index contributed by atoms with van der Waals surface area (Å²) in [7, 11) is -1.84. The van der Waals surface area contributed by atoms with E-state index in [1.54, 1.807) is 0 Å². The van der Waals surface area contributed by atoms with E-state index in [0.29, 0.717) is 0 Å². The minimum Gasteiger partial charge on any atom is -0.459 e. The summed E-state index contributed by atoms with van der Waals surface area (Å²) >= 11 is 0. The summed E-state index contributed by atoms with van der Waals surface area (Å²) in [4.78, 5) is 0. The zero-order chi connectivity index (χ0) is 11.3. The molecule has 0 fully saturated rings. The van der Waals surface area contributed by atoms with Gasteiger partial charge in [0.2, 0.25) is 0 Å². The molecule has 86 valence electrons. The smallest absolute Gasteiger partial charge is 0.168 e. The van der Waals surface area contributed by atoms with Gasteiger partial charge >= 0.3 is 0 Å². The summed E-state index contributed by atoms with van der Waals surface area (Å²) in [5.74, 6) is 0. The molecule has 0 aromatic carbocycles. The highest BCUT2D eigenvalue weighted by Crippen LogP contribution is 2.25. The van der Waals surface area contributed by atoms with Crippen molar-refractivity contribution < 1.29 is 4.12 Å². The van der Waals surface area contributed by atoms with E-state index < -0.39 is 18.1 Å². The quantitative estimate of drug-likeness (QED) is 0.635. The maximum Gasteiger partial charge on any atom is 0.168 e. The largest absolute Gasteiger partial charge is 0.459 e. The first kappa shape index (κ1) is 14.4. The third kappa shape index (κ3) is 4.76. The predicted octanol–water partition coefficient (Wildman–Crippen LogP) is 3.70. The second-order valence-electron chi connectivity index (χ2n) is 5.28. The Kier molecular flexibility index (Phi) is 6.99. The zero-order valence-electron chi connectivity index (χ0n) is 11.0. The maximum absolute atomic E-state index is 6.46. The van der Waals surface area contributed by atoms with Crippen LogP contribution in [0.1, 0.15) is 48.5 Å². The monoisotopic (exact) mass is 232 g/mol. The summed E-state index contributed by atoms with van der Waals surface area (Å²) in [5.41, 5.74) is 2.37. The summed E-state index contributed by atoms with van der Waals surface area (Å²) in [6.07, 6.45) is 0. The van der Waals surface area contributed by atoms with Crippen molar-refractivity contribution in [1.82, 2.24) is 0 Å². The topological polar surface area (TPSA) is 9.23 Å². The van der Waals surface area contributed by atoms with Crippen LogP contribution in [-0.4, -0.2) is 18.1 Å². The molecular weight excluding hydrogens is 204 g/mol. The van der Waals surface area contributed by atoms with Gasteiger partial charge in [-0.15, -0.1) is 0 Å². The first-order valence-electron chi connectivity index (χ1n) is 6.05. The predicted molar refractivity (Wildman–Crippen MR) is 71.2 cm³/mol. The van der Waals surface area contributed by atoms with Crippen LogP contribution in [0.4, 0.5) is 0 Å². The summed E-state index contributed by atoms with van der Waals surface area (Å²) < 4.78 is 6.46. The van der Waals surface area contributed by atoms with E-state index in [0.717, 1.165) is 16.6 Å². The van der Waals surface area contributed by atoms with E-state index in [2.05, 4.69) is 48.5 Å². The highest BCUT2D eigenvalue weighted by Gasteiger charge is 2.25. The Balaban J connectivity index is 4.26. The van der Waals surface area contributed by atoms with Crippen LogP contribution < -0.4 is 0 Å². The van der Waals surface area contributed by atoms with Gasteiger partial charge in [-0.3, -0.25) is 0 Å². The molecule has 0 radical (unpaired) electrons. The van der Waals surface area contributed by atoms with Crippen LogP contribution >= 0.6 is 0 Å². The highest BCUT2D eigenvalue weighted by atomic mass is 28.4. The molecule has 0 bridgehead atoms. The van der Waals surface area contributed by atoms with Crippen molar-refractivity contribution in [2.24, 2.45) is 0 Å². The standard InChI is InChI=1S/C11H28OSi2/c1-8-13(9(2)3)12-14(10(4)5)11(6)7/h9-11,13-14H,8H2,1-7H3. The van der Waals surface area contributed by atoms with E-state index in [1.807, 2.05) is 0 Å².